The third-order valence-electron chi connectivity index (χ3n) is 5.44. The van der Waals surface area contributed by atoms with E-state index in [9.17, 15) is 33.0 Å². The number of benzene rings is 3. The molecule has 0 aliphatic carbocycles. The number of carbonyl (C=O) groups is 2. The number of nitrogens with one attached hydrogen (secondary N) is 1. The number of carbonyl (C=O) groups excluding carboxylic acids is 2. The van der Waals surface area contributed by atoms with Crippen LogP contribution in [0.3, 0.4) is 0 Å². The van der Waals surface area contributed by atoms with Crippen LogP contribution in [-0.4, -0.2) is 33.7 Å². The van der Waals surface area contributed by atoms with Gasteiger partial charge in [-0.2, -0.15) is 13.2 Å². The average Bonchev–Trinajstić information content (AvgIpc) is 2.77. The lowest BCUT2D eigenvalue weighted by atomic mass is 9.85. The largest absolute Gasteiger partial charge is 0.507 e. The molecule has 0 aliphatic rings. The van der Waals surface area contributed by atoms with Crippen molar-refractivity contribution in [1.29, 1.82) is 0 Å². The number of rotatable bonds is 6. The monoisotopic (exact) mass is 457 g/mol. The normalized spacial score (nSPS) is 14.2. The number of hydrogen-bond donors (Lipinski definition) is 3. The van der Waals surface area contributed by atoms with Gasteiger partial charge in [0.1, 0.15) is 5.75 Å². The number of aryl methyl sites for hydroxylation is 1. The summed E-state index contributed by atoms with van der Waals surface area (Å²) in [5, 5.41) is 22.5. The van der Waals surface area contributed by atoms with Crippen molar-refractivity contribution in [3.8, 4) is 5.75 Å². The summed E-state index contributed by atoms with van der Waals surface area (Å²) in [5.74, 6) is -1.73. The van der Waals surface area contributed by atoms with Crippen molar-refractivity contribution in [2.75, 3.05) is 0 Å². The molecule has 0 spiro atoms. The molecule has 0 bridgehead atoms. The number of alkyl halides is 3. The highest BCUT2D eigenvalue weighted by Crippen LogP contribution is 2.41. The van der Waals surface area contributed by atoms with E-state index >= 15 is 0 Å². The number of amides is 1. The first-order valence-electron chi connectivity index (χ1n) is 10.0. The summed E-state index contributed by atoms with van der Waals surface area (Å²) in [6.45, 7) is 2.05. The van der Waals surface area contributed by atoms with Crippen molar-refractivity contribution in [2.45, 2.75) is 31.7 Å². The topological polar surface area (TPSA) is 86.6 Å². The fraction of sp³-hybridized carbons (Fsp3) is 0.200. The van der Waals surface area contributed by atoms with Crippen LogP contribution in [0.5, 0.6) is 5.75 Å². The molecule has 0 saturated heterocycles. The van der Waals surface area contributed by atoms with Crippen LogP contribution < -0.4 is 5.32 Å². The summed E-state index contributed by atoms with van der Waals surface area (Å²) in [5.41, 5.74) is -2.68. The Morgan fingerprint density at radius 1 is 0.909 bits per heavy atom. The van der Waals surface area contributed by atoms with Gasteiger partial charge in [-0.3, -0.25) is 9.59 Å². The highest BCUT2D eigenvalue weighted by Gasteiger charge is 2.56. The molecule has 1 amide bonds. The molecule has 3 aromatic carbocycles. The second-order valence-corrected chi connectivity index (χ2v) is 7.84. The highest BCUT2D eigenvalue weighted by molar-refractivity contribution is 6.09. The molecule has 3 rings (SSSR count). The quantitative estimate of drug-likeness (QED) is 0.468. The molecule has 0 aliphatic heterocycles. The maximum atomic E-state index is 13.8. The Bertz CT molecular complexity index is 1170. The highest BCUT2D eigenvalue weighted by atomic mass is 19.4. The molecule has 0 aromatic heterocycles. The van der Waals surface area contributed by atoms with E-state index in [0.29, 0.717) is 12.5 Å². The molecule has 0 heterocycles. The van der Waals surface area contributed by atoms with Gasteiger partial charge in [-0.15, -0.1) is 0 Å². The molecular weight excluding hydrogens is 435 g/mol. The van der Waals surface area contributed by atoms with Crippen LogP contribution in [0, 0.1) is 6.92 Å². The van der Waals surface area contributed by atoms with Gasteiger partial charge in [0.25, 0.3) is 5.91 Å². The minimum atomic E-state index is -5.09. The zero-order valence-corrected chi connectivity index (χ0v) is 17.9. The molecule has 0 radical (unpaired) electrons. The summed E-state index contributed by atoms with van der Waals surface area (Å²) in [6.07, 6.45) is -5.09. The van der Waals surface area contributed by atoms with Gasteiger partial charge in [-0.25, -0.2) is 0 Å². The summed E-state index contributed by atoms with van der Waals surface area (Å²) >= 11 is 0. The summed E-state index contributed by atoms with van der Waals surface area (Å²) < 4.78 is 41.3. The maximum Gasteiger partial charge on any atom is 0.419 e. The zero-order chi connectivity index (χ0) is 24.4. The molecule has 5 nitrogen and oxygen atoms in total. The SMILES string of the molecule is Cc1cc(C(=O)c2ccccc2)ccc1C(NC(=O)c1ccccc1O)C(C)(O)C(F)(F)F. The van der Waals surface area contributed by atoms with Crippen molar-refractivity contribution >= 4 is 11.7 Å². The molecule has 2 unspecified atom stereocenters. The van der Waals surface area contributed by atoms with E-state index in [4.69, 9.17) is 0 Å². The van der Waals surface area contributed by atoms with Gasteiger partial charge in [0, 0.05) is 11.1 Å². The van der Waals surface area contributed by atoms with Crippen molar-refractivity contribution in [3.05, 3.63) is 101 Å². The van der Waals surface area contributed by atoms with E-state index in [2.05, 4.69) is 5.32 Å². The molecule has 0 fully saturated rings. The van der Waals surface area contributed by atoms with E-state index in [-0.39, 0.29) is 28.0 Å². The average molecular weight is 457 g/mol. The number of aliphatic hydroxyl groups is 1. The third-order valence-corrected chi connectivity index (χ3v) is 5.44. The van der Waals surface area contributed by atoms with Crippen LogP contribution in [0.15, 0.2) is 72.8 Å². The van der Waals surface area contributed by atoms with Crippen LogP contribution in [0.4, 0.5) is 13.2 Å². The second kappa shape index (κ2) is 9.07. The van der Waals surface area contributed by atoms with Gasteiger partial charge in [0.05, 0.1) is 11.6 Å². The fourth-order valence-corrected chi connectivity index (χ4v) is 3.46. The first kappa shape index (κ1) is 24.0. The van der Waals surface area contributed by atoms with Crippen LogP contribution >= 0.6 is 0 Å². The Balaban J connectivity index is 2.03. The lowest BCUT2D eigenvalue weighted by Crippen LogP contribution is -2.53. The Morgan fingerprint density at radius 2 is 1.52 bits per heavy atom. The minimum absolute atomic E-state index is 0.0225. The minimum Gasteiger partial charge on any atom is -0.507 e. The first-order valence-corrected chi connectivity index (χ1v) is 10.0. The number of hydrogen-bond acceptors (Lipinski definition) is 4. The molecule has 0 saturated carbocycles. The van der Waals surface area contributed by atoms with Gasteiger partial charge in [-0.05, 0) is 43.2 Å². The van der Waals surface area contributed by atoms with Gasteiger partial charge in [0.2, 0.25) is 0 Å². The molecule has 3 N–H and O–H groups in total. The summed E-state index contributed by atoms with van der Waals surface area (Å²) in [7, 11) is 0. The smallest absolute Gasteiger partial charge is 0.419 e. The summed E-state index contributed by atoms with van der Waals surface area (Å²) in [6, 6.07) is 15.9. The Hall–Kier alpha value is -3.65. The van der Waals surface area contributed by atoms with Crippen LogP contribution in [0.25, 0.3) is 0 Å². The van der Waals surface area contributed by atoms with E-state index in [1.807, 2.05) is 0 Å². The first-order chi connectivity index (χ1) is 15.4. The third kappa shape index (κ3) is 4.90. The molecular formula is C25H22F3NO4. The number of aromatic hydroxyl groups is 1. The summed E-state index contributed by atoms with van der Waals surface area (Å²) in [4.78, 5) is 25.4. The maximum absolute atomic E-state index is 13.8. The van der Waals surface area contributed by atoms with Gasteiger partial charge in [0.15, 0.2) is 11.4 Å². The van der Waals surface area contributed by atoms with Crippen molar-refractivity contribution < 1.29 is 33.0 Å². The van der Waals surface area contributed by atoms with Crippen LogP contribution in [-0.2, 0) is 0 Å². The number of phenolic OH excluding ortho intramolecular Hbond substituents is 1. The number of halogens is 3. The lowest BCUT2D eigenvalue weighted by Gasteiger charge is -2.36. The predicted molar refractivity (Wildman–Crippen MR) is 116 cm³/mol. The van der Waals surface area contributed by atoms with Crippen molar-refractivity contribution in [1.82, 2.24) is 5.32 Å². The Labute approximate surface area is 188 Å². The lowest BCUT2D eigenvalue weighted by molar-refractivity contribution is -0.263. The van der Waals surface area contributed by atoms with Crippen LogP contribution in [0.1, 0.15) is 50.4 Å². The second-order valence-electron chi connectivity index (χ2n) is 7.84. The molecule has 172 valence electrons. The van der Waals surface area contributed by atoms with E-state index in [1.165, 1.54) is 49.4 Å². The van der Waals surface area contributed by atoms with Gasteiger partial charge < -0.3 is 15.5 Å². The van der Waals surface area contributed by atoms with E-state index < -0.39 is 29.5 Å². The van der Waals surface area contributed by atoms with Gasteiger partial charge in [-0.1, -0.05) is 54.6 Å². The predicted octanol–water partition coefficient (Wildman–Crippen LogP) is 4.72. The van der Waals surface area contributed by atoms with E-state index in [0.717, 1.165) is 0 Å². The molecule has 3 aromatic rings. The molecule has 8 heteroatoms. The number of para-hydroxylation sites is 1. The van der Waals surface area contributed by atoms with Crippen molar-refractivity contribution in [3.63, 3.8) is 0 Å². The number of phenols is 1. The molecule has 2 atom stereocenters. The molecule has 33 heavy (non-hydrogen) atoms. The number of ketones is 1. The fourth-order valence-electron chi connectivity index (χ4n) is 3.46. The van der Waals surface area contributed by atoms with Crippen LogP contribution in [0.2, 0.25) is 0 Å². The van der Waals surface area contributed by atoms with E-state index in [1.54, 1.807) is 30.3 Å². The van der Waals surface area contributed by atoms with Gasteiger partial charge >= 0.3 is 6.18 Å². The Morgan fingerprint density at radius 3 is 2.09 bits per heavy atom. The standard InChI is InChI=1S/C25H22F3NO4/c1-15-14-17(21(31)16-8-4-3-5-9-16)12-13-18(15)22(24(2,33)25(26,27)28)29-23(32)19-10-6-7-11-20(19)30/h3-14,22,30,33H,1-2H3,(H,29,32). The Kier molecular flexibility index (Phi) is 6.60. The zero-order valence-electron chi connectivity index (χ0n) is 17.9. The van der Waals surface area contributed by atoms with Crippen molar-refractivity contribution in [2.24, 2.45) is 0 Å².